The summed E-state index contributed by atoms with van der Waals surface area (Å²) in [6.07, 6.45) is -0.654. The van der Waals surface area contributed by atoms with E-state index in [1.165, 1.54) is 44.3 Å². The van der Waals surface area contributed by atoms with Crippen LogP contribution < -0.4 is 14.9 Å². The zero-order valence-corrected chi connectivity index (χ0v) is 18.6. The van der Waals surface area contributed by atoms with Crippen LogP contribution in [0.25, 0.3) is 10.9 Å². The van der Waals surface area contributed by atoms with Crippen molar-refractivity contribution in [3.63, 3.8) is 0 Å². The number of hydrogen-bond acceptors (Lipinski definition) is 6. The van der Waals surface area contributed by atoms with E-state index in [4.69, 9.17) is 21.1 Å². The van der Waals surface area contributed by atoms with Crippen molar-refractivity contribution in [2.75, 3.05) is 21.2 Å². The van der Waals surface area contributed by atoms with E-state index in [9.17, 15) is 19.5 Å². The summed E-state index contributed by atoms with van der Waals surface area (Å²) < 4.78 is 10.5. The normalized spacial score (nSPS) is 12.7. The number of carbonyl (C=O) groups excluding carboxylic acids is 2. The van der Waals surface area contributed by atoms with Crippen LogP contribution in [-0.4, -0.2) is 59.1 Å². The molecule has 0 bridgehead atoms. The third kappa shape index (κ3) is 4.08. The number of aromatic nitrogens is 1. The summed E-state index contributed by atoms with van der Waals surface area (Å²) in [5.41, 5.74) is 0.495. The fraction of sp³-hybridized carbons (Fsp3) is 0.182. The molecule has 1 aliphatic rings. The van der Waals surface area contributed by atoms with E-state index in [1.54, 1.807) is 18.2 Å². The van der Waals surface area contributed by atoms with Crippen LogP contribution in [0.15, 0.2) is 46.3 Å². The average molecular weight is 471 g/mol. The number of aliphatic hydroxyl groups excluding tert-OH is 1. The Kier molecular flexibility index (Phi) is 5.69. The lowest BCUT2D eigenvalue weighted by Crippen LogP contribution is -2.35. The Morgan fingerprint density at radius 1 is 1.18 bits per heavy atom. The van der Waals surface area contributed by atoms with Gasteiger partial charge in [-0.3, -0.25) is 9.59 Å². The lowest BCUT2D eigenvalue weighted by atomic mass is 10.1. The fourth-order valence-electron chi connectivity index (χ4n) is 3.34. The largest absolute Gasteiger partial charge is 0.493 e. The molecule has 2 amide bonds. The molecule has 0 saturated heterocycles. The maximum Gasteiger partial charge on any atom is 0.414 e. The number of hydrogen-bond donors (Lipinski definition) is 2. The number of aliphatic hydroxyl groups is 1. The van der Waals surface area contributed by atoms with Crippen LogP contribution in [0.1, 0.15) is 21.6 Å². The number of fused-ring (bicyclic) bond motifs is 2. The summed E-state index contributed by atoms with van der Waals surface area (Å²) in [5, 5.41) is 16.1. The Morgan fingerprint density at radius 3 is 2.64 bits per heavy atom. The minimum absolute atomic E-state index is 0.0355. The lowest BCUT2D eigenvalue weighted by Gasteiger charge is -2.24. The van der Waals surface area contributed by atoms with Crippen molar-refractivity contribution in [2.24, 2.45) is 5.10 Å². The molecule has 0 radical (unpaired) electrons. The maximum atomic E-state index is 13.1. The summed E-state index contributed by atoms with van der Waals surface area (Å²) in [6, 6.07) is 8.98. The number of amides is 2. The number of pyridine rings is 1. The van der Waals surface area contributed by atoms with Gasteiger partial charge in [-0.1, -0.05) is 11.6 Å². The Bertz CT molecular complexity index is 1380. The second-order valence-electron chi connectivity index (χ2n) is 7.41. The van der Waals surface area contributed by atoms with E-state index < -0.39 is 17.9 Å². The molecule has 1 aromatic heterocycles. The summed E-state index contributed by atoms with van der Waals surface area (Å²) >= 11 is 6.00. The predicted octanol–water partition coefficient (Wildman–Crippen LogP) is 3.13. The summed E-state index contributed by atoms with van der Waals surface area (Å²) in [7, 11) is 4.43. The molecule has 11 heteroatoms. The first-order valence-corrected chi connectivity index (χ1v) is 10.1. The number of nitrogens with one attached hydrogen (secondary N) is 1. The molecule has 10 nitrogen and oxygen atoms in total. The van der Waals surface area contributed by atoms with Crippen molar-refractivity contribution in [2.45, 2.75) is 6.54 Å². The highest BCUT2D eigenvalue weighted by Gasteiger charge is 2.28. The van der Waals surface area contributed by atoms with Gasteiger partial charge in [0.1, 0.15) is 5.69 Å². The van der Waals surface area contributed by atoms with Gasteiger partial charge in [-0.05, 0) is 36.4 Å². The van der Waals surface area contributed by atoms with Crippen molar-refractivity contribution in [1.82, 2.24) is 14.9 Å². The monoisotopic (exact) mass is 470 g/mol. The Balaban J connectivity index is 1.71. The van der Waals surface area contributed by atoms with E-state index in [0.717, 1.165) is 5.01 Å². The van der Waals surface area contributed by atoms with Crippen molar-refractivity contribution in [3.8, 4) is 11.5 Å². The van der Waals surface area contributed by atoms with Crippen LogP contribution in [0.4, 0.5) is 4.79 Å². The lowest BCUT2D eigenvalue weighted by molar-refractivity contribution is 0.0738. The van der Waals surface area contributed by atoms with Gasteiger partial charge >= 0.3 is 6.09 Å². The van der Waals surface area contributed by atoms with Crippen LogP contribution >= 0.6 is 11.6 Å². The smallest absolute Gasteiger partial charge is 0.414 e. The van der Waals surface area contributed by atoms with Gasteiger partial charge in [-0.15, -0.1) is 5.10 Å². The molecule has 2 aromatic carbocycles. The molecule has 0 fully saturated rings. The fourth-order valence-corrected chi connectivity index (χ4v) is 3.51. The molecule has 170 valence electrons. The van der Waals surface area contributed by atoms with Gasteiger partial charge in [0.2, 0.25) is 0 Å². The number of nitrogens with zero attached hydrogens (tertiary/aromatic N) is 3. The second kappa shape index (κ2) is 8.47. The van der Waals surface area contributed by atoms with Crippen LogP contribution in [0.2, 0.25) is 5.02 Å². The van der Waals surface area contributed by atoms with Gasteiger partial charge < -0.3 is 24.5 Å². The van der Waals surface area contributed by atoms with Gasteiger partial charge in [0.15, 0.2) is 16.9 Å². The standard InChI is InChI=1S/C22H19ClN4O6/c1-26(2)22(31)33-17-8-11(4-7-16(17)32-3)21(30)27-10-14-18(20(29)25-27)24-15-9-12(23)5-6-13(15)19(14)28/h4-9H,10H2,1-3H3,(H,24,28)(H,25,29). The first kappa shape index (κ1) is 22.2. The third-order valence-corrected chi connectivity index (χ3v) is 5.25. The van der Waals surface area contributed by atoms with Crippen molar-refractivity contribution in [3.05, 3.63) is 68.5 Å². The van der Waals surface area contributed by atoms with Crippen molar-refractivity contribution < 1.29 is 24.2 Å². The molecule has 2 N–H and O–H groups in total. The molecule has 0 unspecified atom stereocenters. The van der Waals surface area contributed by atoms with Gasteiger partial charge in [0.05, 0.1) is 24.7 Å². The molecule has 3 aromatic rings. The molecule has 4 rings (SSSR count). The number of ether oxygens (including phenoxy) is 2. The van der Waals surface area contributed by atoms with Gasteiger partial charge in [-0.2, -0.15) is 0 Å². The molecule has 33 heavy (non-hydrogen) atoms. The van der Waals surface area contributed by atoms with Gasteiger partial charge in [0, 0.05) is 30.1 Å². The molecule has 0 atom stereocenters. The Labute approximate surface area is 192 Å². The van der Waals surface area contributed by atoms with Gasteiger partial charge in [0.25, 0.3) is 11.8 Å². The number of hydrazone groups is 1. The minimum atomic E-state index is -0.654. The van der Waals surface area contributed by atoms with Gasteiger partial charge in [-0.25, -0.2) is 9.80 Å². The third-order valence-electron chi connectivity index (χ3n) is 5.02. The van der Waals surface area contributed by atoms with Crippen molar-refractivity contribution in [1.29, 1.82) is 0 Å². The number of benzene rings is 2. The number of rotatable bonds is 3. The average Bonchev–Trinajstić information content (AvgIpc) is 2.79. The minimum Gasteiger partial charge on any atom is -0.493 e. The molecule has 0 saturated carbocycles. The molecule has 0 spiro atoms. The topological polar surface area (TPSA) is 125 Å². The Morgan fingerprint density at radius 2 is 1.94 bits per heavy atom. The van der Waals surface area contributed by atoms with E-state index in [-0.39, 0.29) is 40.3 Å². The first-order valence-electron chi connectivity index (χ1n) is 9.71. The number of methoxy groups -OCH3 is 1. The van der Waals surface area contributed by atoms with Crippen LogP contribution in [0.3, 0.4) is 0 Å². The van der Waals surface area contributed by atoms with E-state index in [0.29, 0.717) is 15.9 Å². The molecule has 0 aliphatic carbocycles. The summed E-state index contributed by atoms with van der Waals surface area (Å²) in [6.45, 7) is -0.176. The zero-order chi connectivity index (χ0) is 23.9. The number of aromatic amines is 1. The number of H-pyrrole nitrogens is 1. The molecule has 2 heterocycles. The highest BCUT2D eigenvalue weighted by Crippen LogP contribution is 2.30. The molecular formula is C22H19ClN4O6. The van der Waals surface area contributed by atoms with Crippen LogP contribution in [0.5, 0.6) is 11.5 Å². The maximum absolute atomic E-state index is 13.1. The Hall–Kier alpha value is -4.05. The number of halogens is 1. The zero-order valence-electron chi connectivity index (χ0n) is 17.9. The SMILES string of the molecule is COc1ccc(C(=O)N2Cc3c([nH]c4cc(Cl)ccc4c3=O)C(O)=N2)cc1OC(=O)N(C)C. The van der Waals surface area contributed by atoms with Crippen LogP contribution in [-0.2, 0) is 6.54 Å². The molecule has 1 aliphatic heterocycles. The summed E-state index contributed by atoms with van der Waals surface area (Å²) in [5.74, 6) is -0.851. The highest BCUT2D eigenvalue weighted by atomic mass is 35.5. The van der Waals surface area contributed by atoms with Crippen LogP contribution in [0, 0.1) is 0 Å². The number of carbonyl (C=O) groups is 2. The molecular weight excluding hydrogens is 452 g/mol. The van der Waals surface area contributed by atoms with E-state index in [1.807, 2.05) is 0 Å². The summed E-state index contributed by atoms with van der Waals surface area (Å²) in [4.78, 5) is 42.3. The highest BCUT2D eigenvalue weighted by molar-refractivity contribution is 6.31. The quantitative estimate of drug-likeness (QED) is 0.606. The van der Waals surface area contributed by atoms with E-state index in [2.05, 4.69) is 10.1 Å². The van der Waals surface area contributed by atoms with E-state index >= 15 is 0 Å². The second-order valence-corrected chi connectivity index (χ2v) is 7.85. The van der Waals surface area contributed by atoms with Crippen molar-refractivity contribution >= 4 is 40.4 Å². The first-order chi connectivity index (χ1) is 15.7. The predicted molar refractivity (Wildman–Crippen MR) is 121 cm³/mol.